The topological polar surface area (TPSA) is 78.9 Å². The summed E-state index contributed by atoms with van der Waals surface area (Å²) in [5, 5.41) is 0. The summed E-state index contributed by atoms with van der Waals surface area (Å²) in [6.45, 7) is 6.51. The van der Waals surface area contributed by atoms with Crippen molar-refractivity contribution in [2.45, 2.75) is 271 Å². The van der Waals surface area contributed by atoms with Gasteiger partial charge in [-0.1, -0.05) is 236 Å². The fourth-order valence-electron chi connectivity index (χ4n) is 7.43. The van der Waals surface area contributed by atoms with Crippen LogP contribution in [0.4, 0.5) is 0 Å². The van der Waals surface area contributed by atoms with Crippen LogP contribution >= 0.6 is 0 Å². The molecule has 6 nitrogen and oxygen atoms in total. The standard InChI is InChI=1S/C55H98O6/c1-4-7-10-13-16-19-21-22-23-24-25-26-27-28-29-30-31-32-34-36-39-42-45-48-54(57)60-51-52(50-59-53(56)47-44-41-38-35-18-15-12-9-6-3)61-55(58)49-46-43-40-37-33-20-17-14-11-8-5-2/h7,10,16,19,22-23,25-26,52H,4-6,8-9,11-15,17-18,20-21,24,27-51H2,1-3H3/b10-7-,19-16-,23-22-,26-25-. The highest BCUT2D eigenvalue weighted by molar-refractivity contribution is 5.71. The Morgan fingerprint density at radius 2 is 0.639 bits per heavy atom. The van der Waals surface area contributed by atoms with Crippen LogP contribution in [0.25, 0.3) is 0 Å². The van der Waals surface area contributed by atoms with Crippen molar-refractivity contribution in [3.05, 3.63) is 48.6 Å². The summed E-state index contributed by atoms with van der Waals surface area (Å²) in [6.07, 6.45) is 59.6. The number of ether oxygens (including phenoxy) is 3. The first kappa shape index (κ1) is 58.4. The van der Waals surface area contributed by atoms with Crippen LogP contribution < -0.4 is 0 Å². The molecule has 0 saturated heterocycles. The van der Waals surface area contributed by atoms with Gasteiger partial charge in [0, 0.05) is 19.3 Å². The van der Waals surface area contributed by atoms with Crippen LogP contribution in [0.15, 0.2) is 48.6 Å². The van der Waals surface area contributed by atoms with Gasteiger partial charge in [0.05, 0.1) is 0 Å². The zero-order valence-corrected chi connectivity index (χ0v) is 40.4. The predicted molar refractivity (Wildman–Crippen MR) is 261 cm³/mol. The van der Waals surface area contributed by atoms with Gasteiger partial charge in [0.1, 0.15) is 13.2 Å². The Morgan fingerprint density at radius 3 is 1.00 bits per heavy atom. The smallest absolute Gasteiger partial charge is 0.306 e. The Bertz CT molecular complexity index is 1070. The summed E-state index contributed by atoms with van der Waals surface area (Å²) in [5.41, 5.74) is 0. The summed E-state index contributed by atoms with van der Waals surface area (Å²) >= 11 is 0. The third-order valence-corrected chi connectivity index (χ3v) is 11.3. The third kappa shape index (κ3) is 48.3. The Balaban J connectivity index is 4.20. The van der Waals surface area contributed by atoms with Crippen LogP contribution in [-0.4, -0.2) is 37.2 Å². The van der Waals surface area contributed by atoms with Crippen LogP contribution in [0.2, 0.25) is 0 Å². The molecule has 0 aromatic heterocycles. The largest absolute Gasteiger partial charge is 0.462 e. The number of hydrogen-bond donors (Lipinski definition) is 0. The lowest BCUT2D eigenvalue weighted by Crippen LogP contribution is -2.30. The molecule has 0 rings (SSSR count). The van der Waals surface area contributed by atoms with E-state index in [1.807, 2.05) is 0 Å². The second-order valence-corrected chi connectivity index (χ2v) is 17.4. The van der Waals surface area contributed by atoms with Crippen molar-refractivity contribution in [1.82, 2.24) is 0 Å². The van der Waals surface area contributed by atoms with E-state index in [0.717, 1.165) is 83.5 Å². The molecular formula is C55H98O6. The average molecular weight is 855 g/mol. The summed E-state index contributed by atoms with van der Waals surface area (Å²) in [7, 11) is 0. The highest BCUT2D eigenvalue weighted by atomic mass is 16.6. The Hall–Kier alpha value is -2.63. The van der Waals surface area contributed by atoms with Crippen molar-refractivity contribution >= 4 is 17.9 Å². The molecular weight excluding hydrogens is 757 g/mol. The van der Waals surface area contributed by atoms with E-state index in [1.165, 1.54) is 141 Å². The maximum atomic E-state index is 12.7. The van der Waals surface area contributed by atoms with E-state index in [-0.39, 0.29) is 31.1 Å². The average Bonchev–Trinajstić information content (AvgIpc) is 3.26. The van der Waals surface area contributed by atoms with E-state index < -0.39 is 6.10 Å². The van der Waals surface area contributed by atoms with Gasteiger partial charge in [0.2, 0.25) is 0 Å². The zero-order chi connectivity index (χ0) is 44.4. The molecule has 0 heterocycles. The Labute approximate surface area is 378 Å². The summed E-state index contributed by atoms with van der Waals surface area (Å²) in [4.78, 5) is 37.8. The molecule has 354 valence electrons. The molecule has 0 saturated carbocycles. The first-order valence-corrected chi connectivity index (χ1v) is 26.1. The number of esters is 3. The molecule has 0 amide bonds. The second-order valence-electron chi connectivity index (χ2n) is 17.4. The molecule has 0 radical (unpaired) electrons. The van der Waals surface area contributed by atoms with Crippen LogP contribution in [0, 0.1) is 0 Å². The van der Waals surface area contributed by atoms with Crippen molar-refractivity contribution in [2.75, 3.05) is 13.2 Å². The van der Waals surface area contributed by atoms with E-state index in [1.54, 1.807) is 0 Å². The maximum absolute atomic E-state index is 12.7. The van der Waals surface area contributed by atoms with Gasteiger partial charge in [-0.05, 0) is 57.8 Å². The molecule has 0 N–H and O–H groups in total. The van der Waals surface area contributed by atoms with Crippen LogP contribution in [0.5, 0.6) is 0 Å². The van der Waals surface area contributed by atoms with Crippen molar-refractivity contribution in [1.29, 1.82) is 0 Å². The first-order chi connectivity index (χ1) is 30.0. The number of rotatable bonds is 47. The first-order valence-electron chi connectivity index (χ1n) is 26.1. The number of unbranched alkanes of at least 4 members (excludes halogenated alkanes) is 28. The molecule has 0 aliphatic heterocycles. The SMILES string of the molecule is CC/C=C\C/C=C\C/C=C\C/C=C\CCCCCCCCCCCCC(=O)OCC(COC(=O)CCCCCCCCCCC)OC(=O)CCCCCCCCCCCCC. The number of carbonyl (C=O) groups is 3. The zero-order valence-electron chi connectivity index (χ0n) is 40.4. The van der Waals surface area contributed by atoms with Crippen LogP contribution in [0.1, 0.15) is 265 Å². The Kier molecular flexibility index (Phi) is 47.9. The van der Waals surface area contributed by atoms with Gasteiger partial charge in [0.15, 0.2) is 6.10 Å². The van der Waals surface area contributed by atoms with E-state index in [0.29, 0.717) is 19.3 Å². The van der Waals surface area contributed by atoms with Gasteiger partial charge in [-0.3, -0.25) is 14.4 Å². The van der Waals surface area contributed by atoms with E-state index in [9.17, 15) is 14.4 Å². The fourth-order valence-corrected chi connectivity index (χ4v) is 7.43. The van der Waals surface area contributed by atoms with Crippen LogP contribution in [0.3, 0.4) is 0 Å². The summed E-state index contributed by atoms with van der Waals surface area (Å²) in [5.74, 6) is -0.870. The normalized spacial score (nSPS) is 12.4. The maximum Gasteiger partial charge on any atom is 0.306 e. The molecule has 61 heavy (non-hydrogen) atoms. The third-order valence-electron chi connectivity index (χ3n) is 11.3. The Morgan fingerprint density at radius 1 is 0.344 bits per heavy atom. The molecule has 0 fully saturated rings. The molecule has 0 bridgehead atoms. The highest BCUT2D eigenvalue weighted by Gasteiger charge is 2.19. The van der Waals surface area contributed by atoms with Gasteiger partial charge in [-0.15, -0.1) is 0 Å². The molecule has 0 spiro atoms. The molecule has 0 aliphatic rings. The molecule has 1 atom stereocenters. The molecule has 1 unspecified atom stereocenters. The fraction of sp³-hybridized carbons (Fsp3) is 0.800. The highest BCUT2D eigenvalue weighted by Crippen LogP contribution is 2.15. The van der Waals surface area contributed by atoms with Gasteiger partial charge in [0.25, 0.3) is 0 Å². The monoisotopic (exact) mass is 855 g/mol. The quantitative estimate of drug-likeness (QED) is 0.0263. The molecule has 6 heteroatoms. The lowest BCUT2D eigenvalue weighted by Gasteiger charge is -2.18. The van der Waals surface area contributed by atoms with Crippen molar-refractivity contribution in [2.24, 2.45) is 0 Å². The van der Waals surface area contributed by atoms with Gasteiger partial charge in [-0.25, -0.2) is 0 Å². The lowest BCUT2D eigenvalue weighted by atomic mass is 10.1. The minimum atomic E-state index is -0.768. The van der Waals surface area contributed by atoms with Crippen molar-refractivity contribution in [3.63, 3.8) is 0 Å². The van der Waals surface area contributed by atoms with Crippen molar-refractivity contribution in [3.8, 4) is 0 Å². The van der Waals surface area contributed by atoms with Gasteiger partial charge < -0.3 is 14.2 Å². The van der Waals surface area contributed by atoms with Gasteiger partial charge in [-0.2, -0.15) is 0 Å². The second kappa shape index (κ2) is 50.0. The summed E-state index contributed by atoms with van der Waals surface area (Å²) < 4.78 is 16.8. The predicted octanol–water partition coefficient (Wildman–Crippen LogP) is 17.1. The van der Waals surface area contributed by atoms with E-state index in [4.69, 9.17) is 14.2 Å². The van der Waals surface area contributed by atoms with Gasteiger partial charge >= 0.3 is 17.9 Å². The lowest BCUT2D eigenvalue weighted by molar-refractivity contribution is -0.167. The summed E-state index contributed by atoms with van der Waals surface area (Å²) in [6, 6.07) is 0. The number of allylic oxidation sites excluding steroid dienone is 8. The molecule has 0 aromatic rings. The molecule has 0 aromatic carbocycles. The number of hydrogen-bond acceptors (Lipinski definition) is 6. The molecule has 0 aliphatic carbocycles. The van der Waals surface area contributed by atoms with E-state index >= 15 is 0 Å². The van der Waals surface area contributed by atoms with Crippen LogP contribution in [-0.2, 0) is 28.6 Å². The van der Waals surface area contributed by atoms with E-state index in [2.05, 4.69) is 69.4 Å². The minimum absolute atomic E-state index is 0.0706. The minimum Gasteiger partial charge on any atom is -0.462 e. The number of carbonyl (C=O) groups excluding carboxylic acids is 3. The van der Waals surface area contributed by atoms with Crippen molar-refractivity contribution < 1.29 is 28.6 Å².